The van der Waals surface area contributed by atoms with E-state index >= 15 is 0 Å². The number of hydrogen-bond acceptors (Lipinski definition) is 3. The Bertz CT molecular complexity index is 209. The minimum absolute atomic E-state index is 1.15. The molecule has 1 aliphatic rings. The number of halogens is 3. The summed E-state index contributed by atoms with van der Waals surface area (Å²) in [4.78, 5) is 10.4. The summed E-state index contributed by atoms with van der Waals surface area (Å²) in [5.41, 5.74) is -1.63. The van der Waals surface area contributed by atoms with Crippen molar-refractivity contribution in [3.05, 3.63) is 0 Å². The lowest BCUT2D eigenvalue weighted by atomic mass is 10.0. The summed E-state index contributed by atoms with van der Waals surface area (Å²) in [5.74, 6) is 0. The molecule has 0 aliphatic carbocycles. The van der Waals surface area contributed by atoms with Gasteiger partial charge in [-0.2, -0.15) is 13.2 Å². The van der Waals surface area contributed by atoms with E-state index < -0.39 is 24.0 Å². The third-order valence-electron chi connectivity index (χ3n) is 1.49. The first-order valence-electron chi connectivity index (χ1n) is 3.20. The number of rotatable bonds is 0. The van der Waals surface area contributed by atoms with Gasteiger partial charge in [0.05, 0.1) is 0 Å². The van der Waals surface area contributed by atoms with Crippen molar-refractivity contribution in [1.82, 2.24) is 0 Å². The highest BCUT2D eigenvalue weighted by molar-refractivity contribution is 5.63. The first-order chi connectivity index (χ1) is 5.23. The van der Waals surface area contributed by atoms with Crippen LogP contribution in [0, 0.1) is 0 Å². The lowest BCUT2D eigenvalue weighted by molar-refractivity contribution is -0.215. The predicted molar refractivity (Wildman–Crippen MR) is 31.5 cm³/mol. The molecule has 3 nitrogen and oxygen atoms in total. The number of carbonyl (C=O) groups is 1. The summed E-state index contributed by atoms with van der Waals surface area (Å²) in [5, 5.41) is 0. The van der Waals surface area contributed by atoms with Gasteiger partial charge < -0.3 is 9.47 Å². The molecular weight excluding hydrogens is 177 g/mol. The quantitative estimate of drug-likeness (QED) is 0.539. The number of ether oxygens (including phenoxy) is 2. The average molecular weight is 184 g/mol. The maximum atomic E-state index is 12.1. The predicted octanol–water partition coefficient (Wildman–Crippen LogP) is 1.86. The van der Waals surface area contributed by atoms with E-state index in [1.165, 1.54) is 0 Å². The fraction of sp³-hybridized carbons (Fsp3) is 0.833. The summed E-state index contributed by atoms with van der Waals surface area (Å²) in [6, 6.07) is 0. The fourth-order valence-corrected chi connectivity index (χ4v) is 0.991. The van der Waals surface area contributed by atoms with E-state index in [0.29, 0.717) is 0 Å². The molecule has 0 aromatic heterocycles. The van der Waals surface area contributed by atoms with Crippen molar-refractivity contribution in [2.45, 2.75) is 31.7 Å². The van der Waals surface area contributed by atoms with Crippen molar-refractivity contribution in [2.24, 2.45) is 0 Å². The molecule has 0 saturated carbocycles. The minimum atomic E-state index is -4.57. The number of alkyl halides is 3. The van der Waals surface area contributed by atoms with Gasteiger partial charge in [0.15, 0.2) is 5.60 Å². The number of carbonyl (C=O) groups excluding carboxylic acids is 1. The Labute approximate surface area is 66.4 Å². The van der Waals surface area contributed by atoms with Crippen LogP contribution in [0.15, 0.2) is 0 Å². The number of hydrogen-bond donors (Lipinski definition) is 0. The van der Waals surface area contributed by atoms with Gasteiger partial charge in [-0.3, -0.25) is 0 Å². The molecule has 12 heavy (non-hydrogen) atoms. The van der Waals surface area contributed by atoms with Crippen LogP contribution in [0.4, 0.5) is 18.0 Å². The first-order valence-corrected chi connectivity index (χ1v) is 3.20. The van der Waals surface area contributed by atoms with Crippen LogP contribution < -0.4 is 0 Å². The van der Waals surface area contributed by atoms with Crippen LogP contribution in [0.5, 0.6) is 0 Å². The molecule has 0 bridgehead atoms. The Morgan fingerprint density at radius 2 is 1.92 bits per heavy atom. The summed E-state index contributed by atoms with van der Waals surface area (Å²) in [6.45, 7) is 2.30. The van der Waals surface area contributed by atoms with Crippen molar-refractivity contribution in [3.8, 4) is 0 Å². The molecule has 1 fully saturated rings. The van der Waals surface area contributed by atoms with E-state index in [0.717, 1.165) is 13.8 Å². The second-order valence-electron chi connectivity index (χ2n) is 3.00. The molecule has 0 aromatic rings. The Hall–Kier alpha value is -0.940. The molecule has 70 valence electrons. The highest BCUT2D eigenvalue weighted by atomic mass is 19.4. The maximum Gasteiger partial charge on any atom is 0.509 e. The molecule has 0 N–H and O–H groups in total. The van der Waals surface area contributed by atoms with Crippen molar-refractivity contribution in [1.29, 1.82) is 0 Å². The van der Waals surface area contributed by atoms with Crippen LogP contribution in [0.3, 0.4) is 0 Å². The molecule has 0 aromatic carbocycles. The standard InChI is InChI=1S/C6H7F3O3/c1-5(2)3(6(7,8)9)11-4(10)12-5/h3H,1-2H3. The van der Waals surface area contributed by atoms with Crippen molar-refractivity contribution in [3.63, 3.8) is 0 Å². The van der Waals surface area contributed by atoms with Crippen LogP contribution >= 0.6 is 0 Å². The molecule has 0 spiro atoms. The van der Waals surface area contributed by atoms with Gasteiger partial charge in [0, 0.05) is 0 Å². The van der Waals surface area contributed by atoms with E-state index in [2.05, 4.69) is 9.47 Å². The highest BCUT2D eigenvalue weighted by Crippen LogP contribution is 2.37. The van der Waals surface area contributed by atoms with E-state index in [-0.39, 0.29) is 0 Å². The highest BCUT2D eigenvalue weighted by Gasteiger charge is 2.58. The van der Waals surface area contributed by atoms with E-state index in [1.807, 2.05) is 0 Å². The maximum absolute atomic E-state index is 12.1. The third kappa shape index (κ3) is 1.46. The first kappa shape index (κ1) is 9.15. The normalized spacial score (nSPS) is 28.1. The zero-order valence-electron chi connectivity index (χ0n) is 6.44. The molecule has 0 radical (unpaired) electrons. The summed E-state index contributed by atoms with van der Waals surface area (Å²) in [6.07, 6.45) is -8.02. The lowest BCUT2D eigenvalue weighted by Crippen LogP contribution is -2.44. The van der Waals surface area contributed by atoms with Crippen molar-refractivity contribution < 1.29 is 27.4 Å². The van der Waals surface area contributed by atoms with Gasteiger partial charge in [-0.15, -0.1) is 0 Å². The zero-order valence-corrected chi connectivity index (χ0v) is 6.44. The Morgan fingerprint density at radius 1 is 1.42 bits per heavy atom. The summed E-state index contributed by atoms with van der Waals surface area (Å²) in [7, 11) is 0. The van der Waals surface area contributed by atoms with E-state index in [1.54, 1.807) is 0 Å². The molecule has 1 aliphatic heterocycles. The van der Waals surface area contributed by atoms with Crippen LogP contribution in [0.1, 0.15) is 13.8 Å². The van der Waals surface area contributed by atoms with E-state index in [4.69, 9.17) is 0 Å². The van der Waals surface area contributed by atoms with Crippen LogP contribution in [0.25, 0.3) is 0 Å². The van der Waals surface area contributed by atoms with Crippen LogP contribution in [-0.2, 0) is 9.47 Å². The lowest BCUT2D eigenvalue weighted by Gasteiger charge is -2.23. The Balaban J connectivity index is 2.86. The van der Waals surface area contributed by atoms with Gasteiger partial charge >= 0.3 is 12.3 Å². The molecule has 1 atom stereocenters. The average Bonchev–Trinajstić information content (AvgIpc) is 2.02. The van der Waals surface area contributed by atoms with Gasteiger partial charge in [0.2, 0.25) is 6.10 Å². The van der Waals surface area contributed by atoms with Crippen LogP contribution in [0.2, 0.25) is 0 Å². The molecule has 1 unspecified atom stereocenters. The largest absolute Gasteiger partial charge is 0.509 e. The molecule has 1 rings (SSSR count). The fourth-order valence-electron chi connectivity index (χ4n) is 0.991. The third-order valence-corrected chi connectivity index (χ3v) is 1.49. The molecule has 1 saturated heterocycles. The Morgan fingerprint density at radius 3 is 2.08 bits per heavy atom. The minimum Gasteiger partial charge on any atom is -0.424 e. The van der Waals surface area contributed by atoms with Gasteiger partial charge in [0.1, 0.15) is 0 Å². The monoisotopic (exact) mass is 184 g/mol. The summed E-state index contributed by atoms with van der Waals surface area (Å²) >= 11 is 0. The Kier molecular flexibility index (Phi) is 1.73. The van der Waals surface area contributed by atoms with Gasteiger partial charge in [0.25, 0.3) is 0 Å². The second kappa shape index (κ2) is 2.27. The molecule has 0 amide bonds. The van der Waals surface area contributed by atoms with Gasteiger partial charge in [-0.05, 0) is 13.8 Å². The van der Waals surface area contributed by atoms with Crippen LogP contribution in [-0.4, -0.2) is 24.0 Å². The molecular formula is C6H7F3O3. The van der Waals surface area contributed by atoms with Gasteiger partial charge in [-0.1, -0.05) is 0 Å². The number of cyclic esters (lactones) is 2. The van der Waals surface area contributed by atoms with E-state index in [9.17, 15) is 18.0 Å². The smallest absolute Gasteiger partial charge is 0.424 e. The topological polar surface area (TPSA) is 35.5 Å². The zero-order chi connectivity index (χ0) is 9.57. The summed E-state index contributed by atoms with van der Waals surface area (Å²) < 4.78 is 44.5. The van der Waals surface area contributed by atoms with Crippen molar-refractivity contribution >= 4 is 6.16 Å². The second-order valence-corrected chi connectivity index (χ2v) is 3.00. The van der Waals surface area contributed by atoms with Gasteiger partial charge in [-0.25, -0.2) is 4.79 Å². The molecule has 1 heterocycles. The molecule has 6 heteroatoms. The van der Waals surface area contributed by atoms with Crippen molar-refractivity contribution in [2.75, 3.05) is 0 Å². The SMILES string of the molecule is CC1(C)OC(=O)OC1C(F)(F)F.